The summed E-state index contributed by atoms with van der Waals surface area (Å²) in [6, 6.07) is 4.00. The molecule has 1 aromatic heterocycles. The number of amides is 1. The SMILES string of the molecule is CCCCCCN1C(=O)C(=Cc2cccs2)SC1=S. The third kappa shape index (κ3) is 3.91. The molecule has 1 aliphatic rings. The Hall–Kier alpha value is -0.650. The maximum Gasteiger partial charge on any atom is 0.266 e. The molecular formula is C14H17NOS3. The van der Waals surface area contributed by atoms with E-state index in [0.29, 0.717) is 4.32 Å². The van der Waals surface area contributed by atoms with Crippen LogP contribution in [0.4, 0.5) is 0 Å². The van der Waals surface area contributed by atoms with Crippen LogP contribution in [0.5, 0.6) is 0 Å². The molecule has 1 saturated heterocycles. The summed E-state index contributed by atoms with van der Waals surface area (Å²) in [5, 5.41) is 2.01. The first kappa shape index (κ1) is 14.8. The molecule has 19 heavy (non-hydrogen) atoms. The Balaban J connectivity index is 1.96. The molecule has 0 spiro atoms. The molecule has 1 aliphatic heterocycles. The molecule has 0 atom stereocenters. The van der Waals surface area contributed by atoms with Gasteiger partial charge in [0.15, 0.2) is 0 Å². The lowest BCUT2D eigenvalue weighted by atomic mass is 10.2. The van der Waals surface area contributed by atoms with E-state index in [4.69, 9.17) is 12.2 Å². The van der Waals surface area contributed by atoms with Crippen molar-refractivity contribution >= 4 is 51.6 Å². The Kier molecular flexibility index (Phi) is 5.60. The van der Waals surface area contributed by atoms with Crippen LogP contribution in [-0.4, -0.2) is 21.7 Å². The number of thiophene rings is 1. The summed E-state index contributed by atoms with van der Waals surface area (Å²) < 4.78 is 0.698. The van der Waals surface area contributed by atoms with Crippen molar-refractivity contribution in [3.05, 3.63) is 27.3 Å². The number of carbonyl (C=O) groups is 1. The average Bonchev–Trinajstić information content (AvgIpc) is 2.98. The Morgan fingerprint density at radius 2 is 2.21 bits per heavy atom. The normalized spacial score (nSPS) is 17.7. The highest BCUT2D eigenvalue weighted by Crippen LogP contribution is 2.33. The number of thioether (sulfide) groups is 1. The summed E-state index contributed by atoms with van der Waals surface area (Å²) in [6.07, 6.45) is 6.57. The fraction of sp³-hybridized carbons (Fsp3) is 0.429. The smallest absolute Gasteiger partial charge is 0.266 e. The molecule has 2 nitrogen and oxygen atoms in total. The summed E-state index contributed by atoms with van der Waals surface area (Å²) in [7, 11) is 0. The van der Waals surface area contributed by atoms with E-state index in [2.05, 4.69) is 6.92 Å². The van der Waals surface area contributed by atoms with Gasteiger partial charge in [-0.25, -0.2) is 0 Å². The number of rotatable bonds is 6. The monoisotopic (exact) mass is 311 g/mol. The summed E-state index contributed by atoms with van der Waals surface area (Å²) in [4.78, 5) is 15.9. The number of thiocarbonyl (C=S) groups is 1. The van der Waals surface area contributed by atoms with E-state index in [1.54, 1.807) is 16.2 Å². The van der Waals surface area contributed by atoms with Gasteiger partial charge in [-0.05, 0) is 23.9 Å². The van der Waals surface area contributed by atoms with Gasteiger partial charge in [0.05, 0.1) is 4.91 Å². The molecule has 102 valence electrons. The lowest BCUT2D eigenvalue weighted by Crippen LogP contribution is -2.28. The van der Waals surface area contributed by atoms with Gasteiger partial charge in [0, 0.05) is 11.4 Å². The zero-order chi connectivity index (χ0) is 13.7. The molecule has 1 fully saturated rings. The van der Waals surface area contributed by atoms with Crippen LogP contribution in [0.25, 0.3) is 6.08 Å². The van der Waals surface area contributed by atoms with Gasteiger partial charge in [-0.1, -0.05) is 56.2 Å². The first-order valence-corrected chi connectivity index (χ1v) is 8.61. The van der Waals surface area contributed by atoms with E-state index in [1.165, 1.54) is 24.6 Å². The molecule has 2 rings (SSSR count). The van der Waals surface area contributed by atoms with Crippen LogP contribution in [0.15, 0.2) is 22.4 Å². The molecule has 1 amide bonds. The Morgan fingerprint density at radius 1 is 1.37 bits per heavy atom. The summed E-state index contributed by atoms with van der Waals surface area (Å²) in [6.45, 7) is 2.94. The van der Waals surface area contributed by atoms with Crippen molar-refractivity contribution in [1.29, 1.82) is 0 Å². The van der Waals surface area contributed by atoms with Crippen LogP contribution in [-0.2, 0) is 4.79 Å². The van der Waals surface area contributed by atoms with E-state index in [0.717, 1.165) is 29.2 Å². The molecule has 0 N–H and O–H groups in total. The van der Waals surface area contributed by atoms with Crippen molar-refractivity contribution in [3.63, 3.8) is 0 Å². The molecule has 0 saturated carbocycles. The van der Waals surface area contributed by atoms with Gasteiger partial charge in [-0.15, -0.1) is 11.3 Å². The van der Waals surface area contributed by atoms with Gasteiger partial charge in [-0.2, -0.15) is 0 Å². The van der Waals surface area contributed by atoms with Crippen molar-refractivity contribution in [1.82, 2.24) is 4.90 Å². The van der Waals surface area contributed by atoms with Gasteiger partial charge in [-0.3, -0.25) is 9.69 Å². The molecule has 0 aliphatic carbocycles. The van der Waals surface area contributed by atoms with E-state index in [-0.39, 0.29) is 5.91 Å². The largest absolute Gasteiger partial charge is 0.293 e. The lowest BCUT2D eigenvalue weighted by molar-refractivity contribution is -0.122. The Morgan fingerprint density at radius 3 is 2.89 bits per heavy atom. The standard InChI is InChI=1S/C14H17NOS3/c1-2-3-4-5-8-15-13(16)12(19-14(15)17)10-11-7-6-9-18-11/h6-7,9-10H,2-5,8H2,1H3. The predicted molar refractivity (Wildman–Crippen MR) is 88.3 cm³/mol. The second-order valence-electron chi connectivity index (χ2n) is 4.41. The quantitative estimate of drug-likeness (QED) is 0.437. The molecule has 0 unspecified atom stereocenters. The molecule has 0 bridgehead atoms. The van der Waals surface area contributed by atoms with Crippen LogP contribution in [0.3, 0.4) is 0 Å². The topological polar surface area (TPSA) is 20.3 Å². The van der Waals surface area contributed by atoms with Crippen LogP contribution >= 0.6 is 35.3 Å². The van der Waals surface area contributed by atoms with E-state index in [9.17, 15) is 4.79 Å². The van der Waals surface area contributed by atoms with Gasteiger partial charge >= 0.3 is 0 Å². The maximum absolute atomic E-state index is 12.3. The number of nitrogens with zero attached hydrogens (tertiary/aromatic N) is 1. The van der Waals surface area contributed by atoms with Gasteiger partial charge in [0.25, 0.3) is 5.91 Å². The minimum Gasteiger partial charge on any atom is -0.293 e. The molecular weight excluding hydrogens is 294 g/mol. The first-order valence-electron chi connectivity index (χ1n) is 6.51. The van der Waals surface area contributed by atoms with Crippen molar-refractivity contribution in [2.75, 3.05) is 6.54 Å². The van der Waals surface area contributed by atoms with E-state index < -0.39 is 0 Å². The molecule has 0 radical (unpaired) electrons. The lowest BCUT2D eigenvalue weighted by Gasteiger charge is -2.13. The third-order valence-corrected chi connectivity index (χ3v) is 5.12. The first-order chi connectivity index (χ1) is 9.22. The van der Waals surface area contributed by atoms with Gasteiger partial charge in [0.1, 0.15) is 4.32 Å². The molecule has 2 heterocycles. The van der Waals surface area contributed by atoms with Crippen LogP contribution in [0.2, 0.25) is 0 Å². The number of hydrogen-bond donors (Lipinski definition) is 0. The number of hydrogen-bond acceptors (Lipinski definition) is 4. The zero-order valence-electron chi connectivity index (χ0n) is 10.9. The minimum absolute atomic E-state index is 0.0694. The van der Waals surface area contributed by atoms with Crippen molar-refractivity contribution in [2.45, 2.75) is 32.6 Å². The fourth-order valence-corrected chi connectivity index (χ4v) is 3.92. The average molecular weight is 311 g/mol. The highest BCUT2D eigenvalue weighted by molar-refractivity contribution is 8.26. The van der Waals surface area contributed by atoms with Gasteiger partial charge in [0.2, 0.25) is 0 Å². The predicted octanol–water partition coefficient (Wildman–Crippen LogP) is 4.53. The summed E-state index contributed by atoms with van der Waals surface area (Å²) in [5.41, 5.74) is 0. The molecule has 5 heteroatoms. The fourth-order valence-electron chi connectivity index (χ4n) is 1.89. The molecule has 0 aromatic carbocycles. The van der Waals surface area contributed by atoms with Crippen molar-refractivity contribution in [3.8, 4) is 0 Å². The van der Waals surface area contributed by atoms with E-state index >= 15 is 0 Å². The highest BCUT2D eigenvalue weighted by Gasteiger charge is 2.31. The maximum atomic E-state index is 12.3. The minimum atomic E-state index is 0.0694. The second kappa shape index (κ2) is 7.22. The zero-order valence-corrected chi connectivity index (χ0v) is 13.4. The van der Waals surface area contributed by atoms with Crippen LogP contribution in [0, 0.1) is 0 Å². The Bertz CT molecular complexity index is 479. The van der Waals surface area contributed by atoms with Crippen molar-refractivity contribution in [2.24, 2.45) is 0 Å². The third-order valence-electron chi connectivity index (χ3n) is 2.93. The molecule has 1 aromatic rings. The van der Waals surface area contributed by atoms with Crippen molar-refractivity contribution < 1.29 is 4.79 Å². The van der Waals surface area contributed by atoms with E-state index in [1.807, 2.05) is 23.6 Å². The Labute approximate surface area is 127 Å². The van der Waals surface area contributed by atoms with Gasteiger partial charge < -0.3 is 0 Å². The second-order valence-corrected chi connectivity index (χ2v) is 7.06. The number of unbranched alkanes of at least 4 members (excludes halogenated alkanes) is 3. The summed E-state index contributed by atoms with van der Waals surface area (Å²) >= 11 is 8.35. The van der Waals surface area contributed by atoms with Crippen LogP contribution in [0.1, 0.15) is 37.5 Å². The summed E-state index contributed by atoms with van der Waals surface area (Å²) in [5.74, 6) is 0.0694. The highest BCUT2D eigenvalue weighted by atomic mass is 32.2. The number of carbonyl (C=O) groups excluding carboxylic acids is 1. The van der Waals surface area contributed by atoms with Crippen LogP contribution < -0.4 is 0 Å².